The largest absolute Gasteiger partial charge is 0.367 e. The van der Waals surface area contributed by atoms with Gasteiger partial charge in [-0.05, 0) is 6.08 Å². The van der Waals surface area contributed by atoms with Crippen LogP contribution in [0, 0.1) is 0 Å². The molecule has 2 heterocycles. The lowest BCUT2D eigenvalue weighted by molar-refractivity contribution is 0.412. The van der Waals surface area contributed by atoms with Crippen LogP contribution in [0.15, 0.2) is 23.1 Å². The lowest BCUT2D eigenvalue weighted by Crippen LogP contribution is -1.87. The molecule has 0 spiro atoms. The zero-order valence-corrected chi connectivity index (χ0v) is 5.24. The molecule has 0 atom stereocenters. The van der Waals surface area contributed by atoms with Gasteiger partial charge in [-0.1, -0.05) is 5.16 Å². The molecule has 1 aromatic rings. The zero-order valence-electron chi connectivity index (χ0n) is 5.24. The summed E-state index contributed by atoms with van der Waals surface area (Å²) < 4.78 is 4.91. The summed E-state index contributed by atoms with van der Waals surface area (Å²) in [7, 11) is 0. The normalized spacial score (nSPS) is 14.0. The van der Waals surface area contributed by atoms with Gasteiger partial charge < -0.3 is 9.84 Å². The third-order valence-corrected chi connectivity index (χ3v) is 1.32. The number of rotatable bonds is 0. The van der Waals surface area contributed by atoms with E-state index < -0.39 is 0 Å². The van der Waals surface area contributed by atoms with E-state index in [0.717, 1.165) is 11.3 Å². The number of aromatic nitrogens is 1. The highest BCUT2D eigenvalue weighted by Crippen LogP contribution is 2.12. The highest BCUT2D eigenvalue weighted by atomic mass is 16.5. The van der Waals surface area contributed by atoms with E-state index in [0.29, 0.717) is 0 Å². The van der Waals surface area contributed by atoms with Gasteiger partial charge in [0.2, 0.25) is 0 Å². The molecule has 50 valence electrons. The fourth-order valence-corrected chi connectivity index (χ4v) is 0.825. The molecule has 0 fully saturated rings. The third-order valence-electron chi connectivity index (χ3n) is 1.32. The van der Waals surface area contributed by atoms with Gasteiger partial charge in [0.05, 0.1) is 6.20 Å². The van der Waals surface area contributed by atoms with Crippen LogP contribution in [0.2, 0.25) is 0 Å². The van der Waals surface area contributed by atoms with Crippen LogP contribution in [0.5, 0.6) is 0 Å². The SMILES string of the molecule is C1=Cc2cnoc2C=CN1. The first kappa shape index (κ1) is 5.29. The topological polar surface area (TPSA) is 38.1 Å². The fourth-order valence-electron chi connectivity index (χ4n) is 0.825. The molecule has 3 heteroatoms. The molecule has 1 N–H and O–H groups in total. The smallest absolute Gasteiger partial charge is 0.168 e. The van der Waals surface area contributed by atoms with Crippen molar-refractivity contribution < 1.29 is 4.52 Å². The maximum absolute atomic E-state index is 4.91. The molecule has 1 aliphatic heterocycles. The van der Waals surface area contributed by atoms with Gasteiger partial charge in [-0.2, -0.15) is 0 Å². The maximum atomic E-state index is 4.91. The predicted octanol–water partition coefficient (Wildman–Crippen LogP) is 1.22. The van der Waals surface area contributed by atoms with Gasteiger partial charge in [0.25, 0.3) is 0 Å². The fraction of sp³-hybridized carbons (Fsp3) is 0. The Morgan fingerprint density at radius 2 is 2.20 bits per heavy atom. The lowest BCUT2D eigenvalue weighted by Gasteiger charge is -1.80. The van der Waals surface area contributed by atoms with Crippen LogP contribution in [0.1, 0.15) is 11.3 Å². The van der Waals surface area contributed by atoms with Crippen molar-refractivity contribution in [2.24, 2.45) is 0 Å². The second-order valence-electron chi connectivity index (χ2n) is 1.98. The first-order chi connectivity index (χ1) is 4.97. The van der Waals surface area contributed by atoms with E-state index in [1.807, 2.05) is 18.4 Å². The molecule has 0 radical (unpaired) electrons. The summed E-state index contributed by atoms with van der Waals surface area (Å²) in [4.78, 5) is 0. The highest BCUT2D eigenvalue weighted by Gasteiger charge is 2.01. The average molecular weight is 134 g/mol. The molecule has 0 saturated carbocycles. The van der Waals surface area contributed by atoms with Crippen LogP contribution < -0.4 is 5.32 Å². The van der Waals surface area contributed by atoms with Crippen LogP contribution in [0.4, 0.5) is 0 Å². The Morgan fingerprint density at radius 1 is 1.30 bits per heavy atom. The van der Waals surface area contributed by atoms with E-state index in [9.17, 15) is 0 Å². The number of nitrogens with one attached hydrogen (secondary N) is 1. The first-order valence-electron chi connectivity index (χ1n) is 3.00. The van der Waals surface area contributed by atoms with Crippen LogP contribution in [0.3, 0.4) is 0 Å². The van der Waals surface area contributed by atoms with Crippen LogP contribution in [-0.4, -0.2) is 5.16 Å². The summed E-state index contributed by atoms with van der Waals surface area (Å²) in [5.74, 6) is 0.793. The first-order valence-corrected chi connectivity index (χ1v) is 3.00. The maximum Gasteiger partial charge on any atom is 0.168 e. The summed E-state index contributed by atoms with van der Waals surface area (Å²) in [5.41, 5.74) is 1.00. The average Bonchev–Trinajstić information content (AvgIpc) is 2.28. The minimum Gasteiger partial charge on any atom is -0.367 e. The molecule has 0 saturated heterocycles. The molecule has 0 aliphatic carbocycles. The minimum absolute atomic E-state index is 0.793. The summed E-state index contributed by atoms with van der Waals surface area (Å²) in [6.07, 6.45) is 9.06. The molecule has 3 nitrogen and oxygen atoms in total. The van der Waals surface area contributed by atoms with Gasteiger partial charge in [0.15, 0.2) is 5.76 Å². The Hall–Kier alpha value is -1.51. The van der Waals surface area contributed by atoms with Crippen molar-refractivity contribution >= 4 is 12.2 Å². The van der Waals surface area contributed by atoms with Crippen LogP contribution in [0.25, 0.3) is 12.2 Å². The minimum atomic E-state index is 0.793. The van der Waals surface area contributed by atoms with Crippen LogP contribution in [-0.2, 0) is 0 Å². The Morgan fingerprint density at radius 3 is 3.20 bits per heavy atom. The van der Waals surface area contributed by atoms with E-state index in [1.165, 1.54) is 0 Å². The van der Waals surface area contributed by atoms with E-state index >= 15 is 0 Å². The molecule has 0 bridgehead atoms. The second-order valence-corrected chi connectivity index (χ2v) is 1.98. The Kier molecular flexibility index (Phi) is 1.07. The van der Waals surface area contributed by atoms with Crippen molar-refractivity contribution in [3.63, 3.8) is 0 Å². The lowest BCUT2D eigenvalue weighted by atomic mass is 10.2. The number of hydrogen-bond donors (Lipinski definition) is 1. The Labute approximate surface area is 58.0 Å². The van der Waals surface area contributed by atoms with Gasteiger partial charge in [-0.3, -0.25) is 0 Å². The zero-order chi connectivity index (χ0) is 6.81. The molecule has 1 aliphatic rings. The van der Waals surface area contributed by atoms with Crippen molar-refractivity contribution in [2.75, 3.05) is 0 Å². The Bertz CT molecular complexity index is 259. The molecular formula is C7H6N2O. The summed E-state index contributed by atoms with van der Waals surface area (Å²) in [6, 6.07) is 0. The molecule has 2 rings (SSSR count). The van der Waals surface area contributed by atoms with Crippen molar-refractivity contribution in [2.45, 2.75) is 0 Å². The number of hydrogen-bond acceptors (Lipinski definition) is 3. The van der Waals surface area contributed by atoms with E-state index in [1.54, 1.807) is 12.4 Å². The number of fused-ring (bicyclic) bond motifs is 1. The number of nitrogens with zero attached hydrogens (tertiary/aromatic N) is 1. The molecule has 10 heavy (non-hydrogen) atoms. The van der Waals surface area contributed by atoms with Gasteiger partial charge >= 0.3 is 0 Å². The molecule has 0 unspecified atom stereocenters. The monoisotopic (exact) mass is 134 g/mol. The quantitative estimate of drug-likeness (QED) is 0.579. The van der Waals surface area contributed by atoms with E-state index in [2.05, 4.69) is 10.5 Å². The molecule has 0 aromatic carbocycles. The van der Waals surface area contributed by atoms with Gasteiger partial charge in [-0.25, -0.2) is 0 Å². The highest BCUT2D eigenvalue weighted by molar-refractivity contribution is 5.61. The third kappa shape index (κ3) is 0.719. The predicted molar refractivity (Wildman–Crippen MR) is 37.7 cm³/mol. The molecule has 0 amide bonds. The van der Waals surface area contributed by atoms with Gasteiger partial charge in [-0.15, -0.1) is 0 Å². The van der Waals surface area contributed by atoms with Crippen molar-refractivity contribution in [3.05, 3.63) is 29.9 Å². The van der Waals surface area contributed by atoms with Gasteiger partial charge in [0, 0.05) is 24.0 Å². The van der Waals surface area contributed by atoms with Crippen LogP contribution >= 0.6 is 0 Å². The molecular weight excluding hydrogens is 128 g/mol. The summed E-state index contributed by atoms with van der Waals surface area (Å²) >= 11 is 0. The summed E-state index contributed by atoms with van der Waals surface area (Å²) in [6.45, 7) is 0. The Balaban J connectivity index is 2.56. The van der Waals surface area contributed by atoms with E-state index in [4.69, 9.17) is 4.52 Å². The second kappa shape index (κ2) is 2.02. The standard InChI is InChI=1S/C7H6N2O/c1-3-8-4-2-7-6(1)5-9-10-7/h1-5,8H. The van der Waals surface area contributed by atoms with Crippen molar-refractivity contribution in [1.82, 2.24) is 10.5 Å². The summed E-state index contributed by atoms with van der Waals surface area (Å²) in [5, 5.41) is 6.57. The van der Waals surface area contributed by atoms with Crippen molar-refractivity contribution in [3.8, 4) is 0 Å². The van der Waals surface area contributed by atoms with E-state index in [-0.39, 0.29) is 0 Å². The van der Waals surface area contributed by atoms with Crippen molar-refractivity contribution in [1.29, 1.82) is 0 Å². The molecule has 1 aromatic heterocycles. The van der Waals surface area contributed by atoms with Gasteiger partial charge in [0.1, 0.15) is 0 Å².